The Balaban J connectivity index is 2.13. The molecule has 4 nitrogen and oxygen atoms in total. The molecule has 0 saturated heterocycles. The molecule has 1 unspecified atom stereocenters. The maximum Gasteiger partial charge on any atom is 0.245 e. The Hall–Kier alpha value is -1.91. The summed E-state index contributed by atoms with van der Waals surface area (Å²) in [5.74, 6) is -0.277. The summed E-state index contributed by atoms with van der Waals surface area (Å²) < 4.78 is 0. The third-order valence-corrected chi connectivity index (χ3v) is 3.24. The molecular formula is C15H16ClN3O. The summed E-state index contributed by atoms with van der Waals surface area (Å²) in [6, 6.07) is 10.2. The maximum absolute atomic E-state index is 12.1. The Morgan fingerprint density at radius 2 is 1.85 bits per heavy atom. The van der Waals surface area contributed by atoms with E-state index in [0.717, 1.165) is 11.1 Å². The number of nitrogens with one attached hydrogen (secondary N) is 1. The summed E-state index contributed by atoms with van der Waals surface area (Å²) in [5, 5.41) is 3.16. The van der Waals surface area contributed by atoms with E-state index in [4.69, 9.17) is 17.3 Å². The Morgan fingerprint density at radius 1 is 1.20 bits per heavy atom. The minimum Gasteiger partial charge on any atom is -0.323 e. The van der Waals surface area contributed by atoms with Gasteiger partial charge in [-0.1, -0.05) is 41.4 Å². The zero-order chi connectivity index (χ0) is 14.7. The summed E-state index contributed by atoms with van der Waals surface area (Å²) >= 11 is 5.78. The minimum absolute atomic E-state index is 0.277. The predicted octanol–water partition coefficient (Wildman–Crippen LogP) is 2.99. The van der Waals surface area contributed by atoms with E-state index >= 15 is 0 Å². The molecule has 0 aliphatic rings. The molecule has 1 amide bonds. The molecule has 1 aromatic heterocycles. The van der Waals surface area contributed by atoms with Gasteiger partial charge in [0.2, 0.25) is 5.91 Å². The van der Waals surface area contributed by atoms with Gasteiger partial charge in [-0.25, -0.2) is 4.98 Å². The van der Waals surface area contributed by atoms with Crippen LogP contribution in [0.1, 0.15) is 22.9 Å². The fourth-order valence-electron chi connectivity index (χ4n) is 1.80. The summed E-state index contributed by atoms with van der Waals surface area (Å²) in [7, 11) is 0. The smallest absolute Gasteiger partial charge is 0.245 e. The first kappa shape index (κ1) is 14.5. The lowest BCUT2D eigenvalue weighted by Gasteiger charge is -2.14. The van der Waals surface area contributed by atoms with Gasteiger partial charge in [0.25, 0.3) is 0 Å². The molecule has 0 saturated carbocycles. The fraction of sp³-hybridized carbons (Fsp3) is 0.200. The maximum atomic E-state index is 12.1. The van der Waals surface area contributed by atoms with Gasteiger partial charge in [-0.3, -0.25) is 4.79 Å². The summed E-state index contributed by atoms with van der Waals surface area (Å²) in [4.78, 5) is 16.2. The van der Waals surface area contributed by atoms with E-state index in [-0.39, 0.29) is 5.91 Å². The first-order valence-corrected chi connectivity index (χ1v) is 6.61. The van der Waals surface area contributed by atoms with Crippen molar-refractivity contribution in [2.75, 3.05) is 5.32 Å². The number of aromatic nitrogens is 1. The van der Waals surface area contributed by atoms with Crippen molar-refractivity contribution in [1.29, 1.82) is 0 Å². The van der Waals surface area contributed by atoms with Crippen LogP contribution < -0.4 is 11.1 Å². The van der Waals surface area contributed by atoms with Crippen LogP contribution in [0.25, 0.3) is 0 Å². The van der Waals surface area contributed by atoms with E-state index in [1.54, 1.807) is 19.1 Å². The highest BCUT2D eigenvalue weighted by Crippen LogP contribution is 2.18. The summed E-state index contributed by atoms with van der Waals surface area (Å²) in [5.41, 5.74) is 9.12. The van der Waals surface area contributed by atoms with Crippen LogP contribution in [-0.4, -0.2) is 10.9 Å². The first-order valence-electron chi connectivity index (χ1n) is 6.23. The number of anilines is 1. The highest BCUT2D eigenvalue weighted by Gasteiger charge is 2.16. The zero-order valence-corrected chi connectivity index (χ0v) is 12.1. The quantitative estimate of drug-likeness (QED) is 0.854. The average molecular weight is 290 g/mol. The molecule has 2 aromatic rings. The zero-order valence-electron chi connectivity index (χ0n) is 11.4. The van der Waals surface area contributed by atoms with Gasteiger partial charge in [0, 0.05) is 0 Å². The van der Waals surface area contributed by atoms with Crippen LogP contribution >= 0.6 is 11.6 Å². The highest BCUT2D eigenvalue weighted by molar-refractivity contribution is 6.29. The van der Waals surface area contributed by atoms with Crippen molar-refractivity contribution in [3.05, 3.63) is 58.4 Å². The second kappa shape index (κ2) is 6.03. The highest BCUT2D eigenvalue weighted by atomic mass is 35.5. The predicted molar refractivity (Wildman–Crippen MR) is 80.7 cm³/mol. The number of rotatable bonds is 3. The third-order valence-electron chi connectivity index (χ3n) is 3.03. The topological polar surface area (TPSA) is 68.0 Å². The second-order valence-corrected chi connectivity index (χ2v) is 5.03. The van der Waals surface area contributed by atoms with Crippen molar-refractivity contribution >= 4 is 23.2 Å². The largest absolute Gasteiger partial charge is 0.323 e. The van der Waals surface area contributed by atoms with Gasteiger partial charge in [-0.15, -0.1) is 0 Å². The van der Waals surface area contributed by atoms with Crippen molar-refractivity contribution in [3.8, 4) is 0 Å². The second-order valence-electron chi connectivity index (χ2n) is 4.64. The van der Waals surface area contributed by atoms with Gasteiger partial charge < -0.3 is 11.1 Å². The number of hydrogen-bond acceptors (Lipinski definition) is 3. The molecular weight excluding hydrogens is 274 g/mol. The molecule has 0 fully saturated rings. The van der Waals surface area contributed by atoms with Crippen molar-refractivity contribution in [1.82, 2.24) is 4.98 Å². The van der Waals surface area contributed by atoms with Gasteiger partial charge in [0.15, 0.2) is 0 Å². The fourth-order valence-corrected chi connectivity index (χ4v) is 1.99. The molecule has 20 heavy (non-hydrogen) atoms. The number of benzene rings is 1. The van der Waals surface area contributed by atoms with Crippen LogP contribution in [0.5, 0.6) is 0 Å². The summed E-state index contributed by atoms with van der Waals surface area (Å²) in [6.07, 6.45) is 0. The van der Waals surface area contributed by atoms with Crippen LogP contribution in [0.2, 0.25) is 5.15 Å². The monoisotopic (exact) mass is 289 g/mol. The lowest BCUT2D eigenvalue weighted by molar-refractivity contribution is -0.117. The van der Waals surface area contributed by atoms with E-state index < -0.39 is 6.04 Å². The van der Waals surface area contributed by atoms with Crippen LogP contribution in [0, 0.1) is 13.8 Å². The molecule has 0 radical (unpaired) electrons. The van der Waals surface area contributed by atoms with E-state index in [9.17, 15) is 4.79 Å². The molecule has 0 aliphatic heterocycles. The summed E-state index contributed by atoms with van der Waals surface area (Å²) in [6.45, 7) is 3.76. The normalized spacial score (nSPS) is 12.0. The first-order chi connectivity index (χ1) is 9.47. The van der Waals surface area contributed by atoms with Crippen LogP contribution in [0.3, 0.4) is 0 Å². The minimum atomic E-state index is -0.717. The molecule has 1 aromatic carbocycles. The van der Waals surface area contributed by atoms with Crippen LogP contribution in [0.4, 0.5) is 5.69 Å². The van der Waals surface area contributed by atoms with Gasteiger partial charge in [0.05, 0.1) is 11.4 Å². The number of carbonyl (C=O) groups is 1. The van der Waals surface area contributed by atoms with Crippen molar-refractivity contribution in [2.45, 2.75) is 19.9 Å². The Kier molecular flexibility index (Phi) is 4.37. The molecule has 0 bridgehead atoms. The molecule has 5 heteroatoms. The number of nitrogens with zero attached hydrogens (tertiary/aromatic N) is 1. The molecule has 0 aliphatic carbocycles. The van der Waals surface area contributed by atoms with Crippen molar-refractivity contribution in [2.24, 2.45) is 5.73 Å². The molecule has 0 spiro atoms. The molecule has 2 rings (SSSR count). The van der Waals surface area contributed by atoms with Gasteiger partial charge >= 0.3 is 0 Å². The van der Waals surface area contributed by atoms with Crippen LogP contribution in [0.15, 0.2) is 36.4 Å². The van der Waals surface area contributed by atoms with Crippen LogP contribution in [-0.2, 0) is 4.79 Å². The average Bonchev–Trinajstić information content (AvgIpc) is 2.42. The Labute approximate surface area is 123 Å². The number of halogens is 1. The van der Waals surface area contributed by atoms with E-state index in [1.807, 2.05) is 31.2 Å². The number of amides is 1. The van der Waals surface area contributed by atoms with Crippen molar-refractivity contribution in [3.63, 3.8) is 0 Å². The third kappa shape index (κ3) is 3.35. The lowest BCUT2D eigenvalue weighted by atomic mass is 10.1. The lowest BCUT2D eigenvalue weighted by Crippen LogP contribution is -2.28. The number of aryl methyl sites for hydroxylation is 2. The molecule has 3 N–H and O–H groups in total. The van der Waals surface area contributed by atoms with Gasteiger partial charge in [0.1, 0.15) is 11.2 Å². The number of pyridine rings is 1. The number of carbonyl (C=O) groups excluding carboxylic acids is 1. The molecule has 1 heterocycles. The van der Waals surface area contributed by atoms with Gasteiger partial charge in [-0.05, 0) is 31.5 Å². The number of nitrogens with two attached hydrogens (primary N) is 1. The molecule has 104 valence electrons. The van der Waals surface area contributed by atoms with E-state index in [2.05, 4.69) is 10.3 Å². The van der Waals surface area contributed by atoms with E-state index in [0.29, 0.717) is 16.5 Å². The SMILES string of the molecule is Cc1ccc(C(N)C(=O)Nc2ccc(Cl)nc2C)cc1. The standard InChI is InChI=1S/C15H16ClN3O/c1-9-3-5-11(6-4-9)14(17)15(20)19-12-7-8-13(16)18-10(12)2/h3-8,14H,17H2,1-2H3,(H,19,20). The molecule has 1 atom stereocenters. The van der Waals surface area contributed by atoms with Crippen molar-refractivity contribution < 1.29 is 4.79 Å². The van der Waals surface area contributed by atoms with E-state index in [1.165, 1.54) is 0 Å². The Bertz CT molecular complexity index is 626. The van der Waals surface area contributed by atoms with Gasteiger partial charge in [-0.2, -0.15) is 0 Å². The number of hydrogen-bond donors (Lipinski definition) is 2. The Morgan fingerprint density at radius 3 is 2.45 bits per heavy atom.